The normalized spacial score (nSPS) is 11.9. The first-order valence-electron chi connectivity index (χ1n) is 7.63. The molecule has 0 saturated heterocycles. The second kappa shape index (κ2) is 7.00. The van der Waals surface area contributed by atoms with Crippen molar-refractivity contribution in [1.29, 1.82) is 0 Å². The lowest BCUT2D eigenvalue weighted by Gasteiger charge is -2.11. The molecule has 25 heavy (non-hydrogen) atoms. The van der Waals surface area contributed by atoms with Crippen LogP contribution in [-0.2, 0) is 11.3 Å². The Morgan fingerprint density at radius 1 is 1.32 bits per heavy atom. The Bertz CT molecular complexity index is 868. The van der Waals surface area contributed by atoms with Gasteiger partial charge in [-0.15, -0.1) is 0 Å². The summed E-state index contributed by atoms with van der Waals surface area (Å²) in [6, 6.07) is 9.51. The van der Waals surface area contributed by atoms with Crippen LogP contribution in [0, 0.1) is 10.1 Å². The van der Waals surface area contributed by atoms with Gasteiger partial charge in [0.15, 0.2) is 0 Å². The molecule has 0 bridgehead atoms. The smallest absolute Gasteiger partial charge is 0.269 e. The average molecular weight is 340 g/mol. The van der Waals surface area contributed by atoms with Crippen LogP contribution < -0.4 is 5.32 Å². The van der Waals surface area contributed by atoms with Crippen molar-refractivity contribution >= 4 is 11.6 Å². The minimum atomic E-state index is -0.447. The summed E-state index contributed by atoms with van der Waals surface area (Å²) < 4.78 is 6.76. The van der Waals surface area contributed by atoms with E-state index < -0.39 is 4.92 Å². The number of non-ortho nitro benzene ring substituents is 1. The monoisotopic (exact) mass is 340 g/mol. The van der Waals surface area contributed by atoms with Crippen molar-refractivity contribution in [3.63, 3.8) is 0 Å². The average Bonchev–Trinajstić information content (AvgIpc) is 3.26. The highest BCUT2D eigenvalue weighted by atomic mass is 16.6. The highest BCUT2D eigenvalue weighted by Crippen LogP contribution is 2.21. The molecule has 3 aromatic rings. The van der Waals surface area contributed by atoms with E-state index in [0.717, 1.165) is 11.1 Å². The van der Waals surface area contributed by atoms with Crippen LogP contribution in [0.1, 0.15) is 18.7 Å². The number of aromatic nitrogens is 2. The zero-order valence-electron chi connectivity index (χ0n) is 13.5. The fourth-order valence-electron chi connectivity index (χ4n) is 2.42. The number of benzene rings is 1. The molecule has 0 spiro atoms. The van der Waals surface area contributed by atoms with Gasteiger partial charge in [-0.3, -0.25) is 19.6 Å². The molecule has 0 radical (unpaired) electrons. The van der Waals surface area contributed by atoms with Gasteiger partial charge < -0.3 is 9.73 Å². The van der Waals surface area contributed by atoms with Crippen LogP contribution in [0.4, 0.5) is 5.69 Å². The van der Waals surface area contributed by atoms with Crippen molar-refractivity contribution < 1.29 is 14.1 Å². The Morgan fingerprint density at radius 2 is 2.08 bits per heavy atom. The number of nitrogens with zero attached hydrogens (tertiary/aromatic N) is 3. The van der Waals surface area contributed by atoms with Crippen LogP contribution in [-0.4, -0.2) is 20.6 Å². The van der Waals surface area contributed by atoms with Crippen molar-refractivity contribution in [2.45, 2.75) is 19.5 Å². The van der Waals surface area contributed by atoms with Crippen molar-refractivity contribution in [2.24, 2.45) is 0 Å². The molecule has 0 fully saturated rings. The minimum Gasteiger partial charge on any atom is -0.467 e. The van der Waals surface area contributed by atoms with Crippen LogP contribution in [0.5, 0.6) is 0 Å². The van der Waals surface area contributed by atoms with Crippen LogP contribution in [0.15, 0.2) is 59.5 Å². The van der Waals surface area contributed by atoms with E-state index in [1.54, 1.807) is 42.9 Å². The van der Waals surface area contributed by atoms with E-state index in [0.29, 0.717) is 5.76 Å². The Kier molecular flexibility index (Phi) is 4.60. The molecular formula is C17H16N4O4. The summed E-state index contributed by atoms with van der Waals surface area (Å²) in [5.41, 5.74) is 1.60. The summed E-state index contributed by atoms with van der Waals surface area (Å²) >= 11 is 0. The molecule has 1 N–H and O–H groups in total. The maximum absolute atomic E-state index is 12.1. The van der Waals surface area contributed by atoms with E-state index in [9.17, 15) is 14.9 Å². The van der Waals surface area contributed by atoms with Crippen molar-refractivity contribution in [2.75, 3.05) is 0 Å². The van der Waals surface area contributed by atoms with E-state index >= 15 is 0 Å². The number of carbonyl (C=O) groups is 1. The summed E-state index contributed by atoms with van der Waals surface area (Å²) in [4.78, 5) is 22.3. The molecule has 8 nitrogen and oxygen atoms in total. The third-order valence-corrected chi connectivity index (χ3v) is 3.70. The van der Waals surface area contributed by atoms with E-state index in [1.807, 2.05) is 6.92 Å². The largest absolute Gasteiger partial charge is 0.467 e. The van der Waals surface area contributed by atoms with E-state index in [2.05, 4.69) is 10.4 Å². The van der Waals surface area contributed by atoms with E-state index in [4.69, 9.17) is 4.42 Å². The number of furan rings is 1. The Balaban J connectivity index is 1.63. The molecule has 0 saturated carbocycles. The number of nitrogens with one attached hydrogen (secondary N) is 1. The third-order valence-electron chi connectivity index (χ3n) is 3.70. The number of nitro benzene ring substituents is 1. The maximum atomic E-state index is 12.1. The predicted octanol–water partition coefficient (Wildman–Crippen LogP) is 2.93. The molecule has 8 heteroatoms. The highest BCUT2D eigenvalue weighted by Gasteiger charge is 2.13. The number of amides is 1. The quantitative estimate of drug-likeness (QED) is 0.549. The zero-order valence-corrected chi connectivity index (χ0v) is 13.5. The number of hydrogen-bond donors (Lipinski definition) is 1. The predicted molar refractivity (Wildman–Crippen MR) is 89.6 cm³/mol. The van der Waals surface area contributed by atoms with E-state index in [-0.39, 0.29) is 24.2 Å². The van der Waals surface area contributed by atoms with Crippen molar-refractivity contribution in [3.8, 4) is 11.1 Å². The lowest BCUT2D eigenvalue weighted by Crippen LogP contribution is -2.30. The summed E-state index contributed by atoms with van der Waals surface area (Å²) in [5.74, 6) is 0.489. The Labute approximate surface area is 143 Å². The first kappa shape index (κ1) is 16.4. The Morgan fingerprint density at radius 3 is 2.72 bits per heavy atom. The third kappa shape index (κ3) is 3.92. The van der Waals surface area contributed by atoms with Gasteiger partial charge in [0.1, 0.15) is 12.3 Å². The van der Waals surface area contributed by atoms with Crippen LogP contribution >= 0.6 is 0 Å². The fraction of sp³-hybridized carbons (Fsp3) is 0.176. The van der Waals surface area contributed by atoms with Crippen molar-refractivity contribution in [1.82, 2.24) is 15.1 Å². The number of carbonyl (C=O) groups excluding carboxylic acids is 1. The first-order chi connectivity index (χ1) is 12.0. The molecule has 0 aliphatic rings. The minimum absolute atomic E-state index is 0.0300. The molecule has 1 aromatic carbocycles. The molecule has 1 amide bonds. The number of rotatable bonds is 6. The molecule has 128 valence electrons. The van der Waals surface area contributed by atoms with Gasteiger partial charge in [0.2, 0.25) is 5.91 Å². The zero-order chi connectivity index (χ0) is 17.8. The second-order valence-corrected chi connectivity index (χ2v) is 5.54. The maximum Gasteiger partial charge on any atom is 0.269 e. The molecule has 3 rings (SSSR count). The van der Waals surface area contributed by atoms with Gasteiger partial charge in [0, 0.05) is 23.9 Å². The summed E-state index contributed by atoms with van der Waals surface area (Å²) in [6.07, 6.45) is 4.89. The van der Waals surface area contributed by atoms with Gasteiger partial charge >= 0.3 is 0 Å². The van der Waals surface area contributed by atoms with Gasteiger partial charge in [-0.25, -0.2) is 0 Å². The SMILES string of the molecule is C[C@@H](NC(=O)Cn1cc(-c2ccc([N+](=O)[O-])cc2)cn1)c1ccco1. The molecule has 0 aliphatic carbocycles. The summed E-state index contributed by atoms with van der Waals surface area (Å²) in [5, 5.41) is 17.7. The number of nitro groups is 1. The molecule has 2 heterocycles. The molecule has 2 aromatic heterocycles. The van der Waals surface area contributed by atoms with Gasteiger partial charge in [0.05, 0.1) is 23.4 Å². The van der Waals surface area contributed by atoms with Crippen molar-refractivity contribution in [3.05, 3.63) is 70.9 Å². The Hall–Kier alpha value is -3.42. The summed E-state index contributed by atoms with van der Waals surface area (Å²) in [6.45, 7) is 1.90. The highest BCUT2D eigenvalue weighted by molar-refractivity contribution is 5.76. The number of hydrogen-bond acceptors (Lipinski definition) is 5. The van der Waals surface area contributed by atoms with Crippen LogP contribution in [0.25, 0.3) is 11.1 Å². The molecule has 1 atom stereocenters. The van der Waals surface area contributed by atoms with Gasteiger partial charge in [-0.1, -0.05) is 0 Å². The fourth-order valence-corrected chi connectivity index (χ4v) is 2.42. The van der Waals surface area contributed by atoms with Gasteiger partial charge in [0.25, 0.3) is 5.69 Å². The second-order valence-electron chi connectivity index (χ2n) is 5.54. The van der Waals surface area contributed by atoms with Crippen LogP contribution in [0.3, 0.4) is 0 Å². The molecule has 0 aliphatic heterocycles. The summed E-state index contributed by atoms with van der Waals surface area (Å²) in [7, 11) is 0. The van der Waals surface area contributed by atoms with E-state index in [1.165, 1.54) is 16.8 Å². The van der Waals surface area contributed by atoms with Gasteiger partial charge in [-0.2, -0.15) is 5.10 Å². The lowest BCUT2D eigenvalue weighted by molar-refractivity contribution is -0.384. The molecular weight excluding hydrogens is 324 g/mol. The topological polar surface area (TPSA) is 103 Å². The molecule has 0 unspecified atom stereocenters. The lowest BCUT2D eigenvalue weighted by atomic mass is 10.1. The standard InChI is InChI=1S/C17H16N4O4/c1-12(16-3-2-8-25-16)19-17(22)11-20-10-14(9-18-20)13-4-6-15(7-5-13)21(23)24/h2-10,12H,11H2,1H3,(H,19,22)/t12-/m1/s1. The van der Waals surface area contributed by atoms with Crippen LogP contribution in [0.2, 0.25) is 0 Å². The van der Waals surface area contributed by atoms with Gasteiger partial charge in [-0.05, 0) is 36.8 Å². The first-order valence-corrected chi connectivity index (χ1v) is 7.63.